The Labute approximate surface area is 221 Å². The van der Waals surface area contributed by atoms with Crippen molar-refractivity contribution in [2.75, 3.05) is 32.3 Å². The van der Waals surface area contributed by atoms with Crippen molar-refractivity contribution in [3.63, 3.8) is 0 Å². The van der Waals surface area contributed by atoms with Crippen molar-refractivity contribution in [1.82, 2.24) is 19.5 Å². The van der Waals surface area contributed by atoms with Gasteiger partial charge >= 0.3 is 0 Å². The van der Waals surface area contributed by atoms with Crippen LogP contribution in [0.5, 0.6) is 0 Å². The lowest BCUT2D eigenvalue weighted by atomic mass is 9.83. The van der Waals surface area contributed by atoms with Crippen LogP contribution < -0.4 is 10.6 Å². The molecule has 0 aromatic carbocycles. The number of pyridine rings is 2. The Bertz CT molecular complexity index is 1290. The minimum Gasteiger partial charge on any atom is -0.409 e. The van der Waals surface area contributed by atoms with E-state index in [1.807, 2.05) is 13.1 Å². The maximum absolute atomic E-state index is 9.38. The number of hydrogen-bond donors (Lipinski definition) is 2. The van der Waals surface area contributed by atoms with Gasteiger partial charge in [0.25, 0.3) is 0 Å². The molecule has 1 saturated heterocycles. The average Bonchev–Trinajstić information content (AvgIpc) is 3.53. The first-order chi connectivity index (χ1) is 17.9. The van der Waals surface area contributed by atoms with Gasteiger partial charge < -0.3 is 29.9 Å². The molecule has 2 fully saturated rings. The van der Waals surface area contributed by atoms with Gasteiger partial charge in [-0.15, -0.1) is 0 Å². The van der Waals surface area contributed by atoms with Crippen LogP contribution in [-0.4, -0.2) is 70.1 Å². The van der Waals surface area contributed by atoms with Crippen LogP contribution in [0.25, 0.3) is 22.3 Å². The topological polar surface area (TPSA) is 124 Å². The van der Waals surface area contributed by atoms with E-state index in [9.17, 15) is 5.21 Å². The summed E-state index contributed by atoms with van der Waals surface area (Å²) in [5.41, 5.74) is 9.25. The molecule has 1 saturated carbocycles. The monoisotopic (exact) mass is 527 g/mol. The van der Waals surface area contributed by atoms with Gasteiger partial charge in [-0.25, -0.2) is 9.97 Å². The van der Waals surface area contributed by atoms with Crippen molar-refractivity contribution < 1.29 is 14.7 Å². The number of ether oxygens (including phenoxy) is 2. The number of aromatic nitrogens is 4. The zero-order chi connectivity index (χ0) is 26.1. The molecular weight excluding hydrogens is 494 g/mol. The first-order valence-electron chi connectivity index (χ1n) is 12.7. The van der Waals surface area contributed by atoms with E-state index >= 15 is 0 Å². The van der Waals surface area contributed by atoms with Crippen LogP contribution in [0.1, 0.15) is 38.3 Å². The van der Waals surface area contributed by atoms with Gasteiger partial charge in [0.2, 0.25) is 5.95 Å². The third-order valence-electron chi connectivity index (χ3n) is 7.74. The number of imidazole rings is 1. The number of rotatable bonds is 7. The van der Waals surface area contributed by atoms with E-state index < -0.39 is 0 Å². The van der Waals surface area contributed by atoms with Crippen LogP contribution in [-0.2, 0) is 16.0 Å². The third kappa shape index (κ3) is 5.10. The van der Waals surface area contributed by atoms with E-state index in [2.05, 4.69) is 26.5 Å². The molecule has 5 rings (SSSR count). The summed E-state index contributed by atoms with van der Waals surface area (Å²) < 4.78 is 13.7. The van der Waals surface area contributed by atoms with E-state index in [1.165, 1.54) is 25.7 Å². The van der Waals surface area contributed by atoms with Gasteiger partial charge in [0.1, 0.15) is 11.8 Å². The summed E-state index contributed by atoms with van der Waals surface area (Å²) in [4.78, 5) is 16.3. The summed E-state index contributed by atoms with van der Waals surface area (Å²) in [5, 5.41) is 13.1. The molecule has 0 radical (unpaired) electrons. The highest BCUT2D eigenvalue weighted by Gasteiger charge is 2.35. The fraction of sp³-hybridized carbons (Fsp3) is 0.538. The number of oxime groups is 1. The SMILES string of the molecule is COC1COCC1N(C)c1nc2cc(C(N)=NO)nc(-c3cncc(Cl)c3)c2n1CC1CCC(C)CC1. The molecule has 3 aromatic heterocycles. The number of nitrogens with two attached hydrogens (primary N) is 1. The van der Waals surface area contributed by atoms with E-state index in [1.54, 1.807) is 25.6 Å². The molecule has 2 atom stereocenters. The molecule has 10 nitrogen and oxygen atoms in total. The highest BCUT2D eigenvalue weighted by molar-refractivity contribution is 6.30. The Kier molecular flexibility index (Phi) is 7.50. The molecule has 4 heterocycles. The normalized spacial score (nSPS) is 24.6. The summed E-state index contributed by atoms with van der Waals surface area (Å²) in [5.74, 6) is 2.00. The van der Waals surface area contributed by atoms with Crippen LogP contribution in [0, 0.1) is 11.8 Å². The van der Waals surface area contributed by atoms with Crippen LogP contribution in [0.3, 0.4) is 0 Å². The summed E-state index contributed by atoms with van der Waals surface area (Å²) in [6.45, 7) is 4.23. The molecule has 198 valence electrons. The fourth-order valence-corrected chi connectivity index (χ4v) is 5.71. The molecule has 0 bridgehead atoms. The van der Waals surface area contributed by atoms with Gasteiger partial charge in [0, 0.05) is 38.7 Å². The van der Waals surface area contributed by atoms with Crippen LogP contribution in [0.4, 0.5) is 5.95 Å². The Morgan fingerprint density at radius 2 is 2.03 bits per heavy atom. The van der Waals surface area contributed by atoms with E-state index in [4.69, 9.17) is 36.8 Å². The summed E-state index contributed by atoms with van der Waals surface area (Å²) in [7, 11) is 3.74. The Morgan fingerprint density at radius 3 is 2.73 bits per heavy atom. The maximum Gasteiger partial charge on any atom is 0.206 e. The van der Waals surface area contributed by atoms with Crippen molar-refractivity contribution in [3.05, 3.63) is 35.2 Å². The quantitative estimate of drug-likeness (QED) is 0.205. The Morgan fingerprint density at radius 1 is 1.24 bits per heavy atom. The molecule has 1 aliphatic carbocycles. The molecule has 0 spiro atoms. The van der Waals surface area contributed by atoms with Gasteiger partial charge in [-0.2, -0.15) is 0 Å². The predicted molar refractivity (Wildman–Crippen MR) is 143 cm³/mol. The highest BCUT2D eigenvalue weighted by atomic mass is 35.5. The lowest BCUT2D eigenvalue weighted by Gasteiger charge is -2.31. The molecule has 37 heavy (non-hydrogen) atoms. The number of amidine groups is 1. The second kappa shape index (κ2) is 10.8. The Balaban J connectivity index is 1.71. The van der Waals surface area contributed by atoms with Crippen LogP contribution >= 0.6 is 11.6 Å². The Hall–Kier alpha value is -2.95. The number of nitrogens with zero attached hydrogens (tertiary/aromatic N) is 6. The molecule has 3 aromatic rings. The number of methoxy groups -OCH3 is 1. The van der Waals surface area contributed by atoms with Crippen molar-refractivity contribution in [2.45, 2.75) is 51.3 Å². The number of hydrogen-bond acceptors (Lipinski definition) is 8. The lowest BCUT2D eigenvalue weighted by molar-refractivity contribution is 0.0770. The van der Waals surface area contributed by atoms with E-state index in [0.29, 0.717) is 41.1 Å². The lowest BCUT2D eigenvalue weighted by Crippen LogP contribution is -2.43. The number of anilines is 1. The predicted octanol–water partition coefficient (Wildman–Crippen LogP) is 3.92. The molecule has 1 aliphatic heterocycles. The van der Waals surface area contributed by atoms with E-state index in [-0.39, 0.29) is 18.0 Å². The van der Waals surface area contributed by atoms with Gasteiger partial charge in [0.05, 0.1) is 41.0 Å². The zero-order valence-electron chi connectivity index (χ0n) is 21.5. The van der Waals surface area contributed by atoms with Gasteiger partial charge in [-0.3, -0.25) is 4.98 Å². The van der Waals surface area contributed by atoms with Gasteiger partial charge in [0.15, 0.2) is 5.84 Å². The molecule has 0 amide bonds. The first-order valence-corrected chi connectivity index (χ1v) is 13.1. The smallest absolute Gasteiger partial charge is 0.206 e. The summed E-state index contributed by atoms with van der Waals surface area (Å²) >= 11 is 6.32. The standard InChI is InChI=1S/C26H34ClN7O3/c1-15-4-6-16(7-5-15)12-34-24-19(31-26(34)33(2)21-13-37-14-22(21)36-3)9-20(25(28)32-35)30-23(24)17-8-18(27)11-29-10-17/h8-11,15-16,21-22,35H,4-7,12-14H2,1-3H3,(H2,28,32). The summed E-state index contributed by atoms with van der Waals surface area (Å²) in [6.07, 6.45) is 8.03. The van der Waals surface area contributed by atoms with Gasteiger partial charge in [-0.05, 0) is 36.8 Å². The van der Waals surface area contributed by atoms with Crippen molar-refractivity contribution in [2.24, 2.45) is 22.7 Å². The van der Waals surface area contributed by atoms with E-state index in [0.717, 1.165) is 29.5 Å². The van der Waals surface area contributed by atoms with Crippen molar-refractivity contribution in [3.8, 4) is 11.3 Å². The first kappa shape index (κ1) is 25.7. The fourth-order valence-electron chi connectivity index (χ4n) is 5.54. The van der Waals surface area contributed by atoms with Crippen molar-refractivity contribution in [1.29, 1.82) is 0 Å². The molecule has 2 unspecified atom stereocenters. The average molecular weight is 528 g/mol. The minimum atomic E-state index is -0.0903. The number of fused-ring (bicyclic) bond motifs is 1. The largest absolute Gasteiger partial charge is 0.409 e. The van der Waals surface area contributed by atoms with Crippen LogP contribution in [0.15, 0.2) is 29.7 Å². The molecule has 2 aliphatic rings. The molecular formula is C26H34ClN7O3. The third-order valence-corrected chi connectivity index (χ3v) is 7.95. The second-order valence-electron chi connectivity index (χ2n) is 10.2. The number of likely N-dealkylation sites (N-methyl/N-ethyl adjacent to an activating group) is 1. The van der Waals surface area contributed by atoms with Crippen molar-refractivity contribution >= 4 is 34.4 Å². The summed E-state index contributed by atoms with van der Waals surface area (Å²) in [6, 6.07) is 3.60. The second-order valence-corrected chi connectivity index (χ2v) is 10.7. The maximum atomic E-state index is 9.38. The minimum absolute atomic E-state index is 0.0136. The molecule has 11 heteroatoms. The zero-order valence-corrected chi connectivity index (χ0v) is 22.2. The van der Waals surface area contributed by atoms with Crippen LogP contribution in [0.2, 0.25) is 5.02 Å². The highest BCUT2D eigenvalue weighted by Crippen LogP contribution is 2.36. The molecule has 3 N–H and O–H groups in total. The number of halogens is 1. The van der Waals surface area contributed by atoms with Gasteiger partial charge in [-0.1, -0.05) is 36.5 Å².